The zero-order valence-corrected chi connectivity index (χ0v) is 26.2. The summed E-state index contributed by atoms with van der Waals surface area (Å²) in [6.45, 7) is 6.22. The number of halogens is 4. The van der Waals surface area contributed by atoms with Crippen molar-refractivity contribution in [2.24, 2.45) is 0 Å². The van der Waals surface area contributed by atoms with Gasteiger partial charge in [0.15, 0.2) is 5.69 Å². The van der Waals surface area contributed by atoms with Crippen molar-refractivity contribution in [1.29, 1.82) is 0 Å². The van der Waals surface area contributed by atoms with Crippen LogP contribution in [-0.4, -0.2) is 84.3 Å². The molecule has 46 heavy (non-hydrogen) atoms. The molecule has 0 spiro atoms. The van der Waals surface area contributed by atoms with Crippen LogP contribution in [0.3, 0.4) is 0 Å². The molecule has 3 aromatic rings. The number of pyridine rings is 2. The van der Waals surface area contributed by atoms with E-state index in [2.05, 4.69) is 20.5 Å². The number of nitrogens with zero attached hydrogens (tertiary/aromatic N) is 5. The maximum atomic E-state index is 14.0. The second-order valence-corrected chi connectivity index (χ2v) is 12.0. The van der Waals surface area contributed by atoms with Crippen LogP contribution in [0, 0.1) is 0 Å². The van der Waals surface area contributed by atoms with Gasteiger partial charge in [0.05, 0.1) is 40.8 Å². The van der Waals surface area contributed by atoms with Crippen molar-refractivity contribution < 1.29 is 27.5 Å². The van der Waals surface area contributed by atoms with E-state index in [9.17, 15) is 22.8 Å². The van der Waals surface area contributed by atoms with Gasteiger partial charge in [0.25, 0.3) is 5.91 Å². The van der Waals surface area contributed by atoms with Gasteiger partial charge in [0, 0.05) is 49.5 Å². The predicted octanol–water partition coefficient (Wildman–Crippen LogP) is 5.22. The summed E-state index contributed by atoms with van der Waals surface area (Å²) in [5.41, 5.74) is 0.774. The fourth-order valence-electron chi connectivity index (χ4n) is 6.26. The first-order valence-electron chi connectivity index (χ1n) is 15.4. The third-order valence-corrected chi connectivity index (χ3v) is 8.99. The Morgan fingerprint density at radius 3 is 2.59 bits per heavy atom. The number of nitrogens with one attached hydrogen (secondary N) is 2. The van der Waals surface area contributed by atoms with Gasteiger partial charge in [-0.25, -0.2) is 14.8 Å². The third-order valence-electron chi connectivity index (χ3n) is 8.75. The zero-order valence-electron chi connectivity index (χ0n) is 25.5. The lowest BCUT2D eigenvalue weighted by Crippen LogP contribution is -2.58. The lowest BCUT2D eigenvalue weighted by molar-refractivity contribution is -0.137. The van der Waals surface area contributed by atoms with Crippen molar-refractivity contribution in [3.8, 4) is 17.1 Å². The Labute approximate surface area is 269 Å². The average Bonchev–Trinajstić information content (AvgIpc) is 3.34. The SMILES string of the molecule is CCOc1ncccc1-c1ccc(N2C[C@H]3CN(c4ccc(Cl)cc4C(F)(F)F)C(=O)N3C[C@H]2CC)c(C(=O)NC[C@@H]2CCN2)n1. The first-order chi connectivity index (χ1) is 22.1. The van der Waals surface area contributed by atoms with Crippen LogP contribution >= 0.6 is 11.6 Å². The number of piperazine rings is 1. The van der Waals surface area contributed by atoms with Crippen LogP contribution in [0.15, 0.2) is 48.7 Å². The number of fused-ring (bicyclic) bond motifs is 1. The number of ether oxygens (including phenoxy) is 1. The molecular weight excluding hydrogens is 623 g/mol. The molecule has 0 bridgehead atoms. The van der Waals surface area contributed by atoms with Crippen molar-refractivity contribution in [3.63, 3.8) is 0 Å². The molecule has 1 aromatic carbocycles. The number of urea groups is 1. The molecule has 5 heterocycles. The molecule has 3 aliphatic rings. The molecule has 14 heteroatoms. The van der Waals surface area contributed by atoms with Crippen LogP contribution in [0.5, 0.6) is 5.88 Å². The van der Waals surface area contributed by atoms with Gasteiger partial charge in [-0.3, -0.25) is 9.69 Å². The predicted molar refractivity (Wildman–Crippen MR) is 168 cm³/mol. The molecule has 3 fully saturated rings. The largest absolute Gasteiger partial charge is 0.477 e. The molecule has 0 radical (unpaired) electrons. The summed E-state index contributed by atoms with van der Waals surface area (Å²) in [6, 6.07) is 9.77. The Balaban J connectivity index is 1.34. The molecule has 0 saturated carbocycles. The third kappa shape index (κ3) is 6.17. The highest BCUT2D eigenvalue weighted by Crippen LogP contribution is 2.41. The molecule has 3 saturated heterocycles. The van der Waals surface area contributed by atoms with Crippen molar-refractivity contribution in [2.45, 2.75) is 51.0 Å². The minimum Gasteiger partial charge on any atom is -0.477 e. The minimum absolute atomic E-state index is 0.0459. The van der Waals surface area contributed by atoms with Crippen LogP contribution in [0.25, 0.3) is 11.3 Å². The van der Waals surface area contributed by atoms with Gasteiger partial charge in [-0.1, -0.05) is 18.5 Å². The van der Waals surface area contributed by atoms with Crippen molar-refractivity contribution in [3.05, 3.63) is 64.9 Å². The van der Waals surface area contributed by atoms with E-state index in [1.165, 1.54) is 17.0 Å². The Morgan fingerprint density at radius 1 is 1.11 bits per heavy atom. The van der Waals surface area contributed by atoms with Gasteiger partial charge in [0.2, 0.25) is 5.88 Å². The zero-order chi connectivity index (χ0) is 32.6. The summed E-state index contributed by atoms with van der Waals surface area (Å²) in [7, 11) is 0. The molecule has 6 rings (SSSR count). The number of rotatable bonds is 9. The molecule has 0 aliphatic carbocycles. The number of anilines is 2. The number of aromatic nitrogens is 2. The maximum absolute atomic E-state index is 14.0. The van der Waals surface area contributed by atoms with E-state index in [1.807, 2.05) is 32.0 Å². The van der Waals surface area contributed by atoms with Gasteiger partial charge >= 0.3 is 12.2 Å². The highest BCUT2D eigenvalue weighted by molar-refractivity contribution is 6.30. The van der Waals surface area contributed by atoms with E-state index in [-0.39, 0.29) is 47.5 Å². The second-order valence-electron chi connectivity index (χ2n) is 11.6. The fourth-order valence-corrected chi connectivity index (χ4v) is 6.43. The fraction of sp³-hybridized carbons (Fsp3) is 0.438. The van der Waals surface area contributed by atoms with Crippen LogP contribution in [0.2, 0.25) is 5.02 Å². The summed E-state index contributed by atoms with van der Waals surface area (Å²) in [4.78, 5) is 41.4. The first-order valence-corrected chi connectivity index (χ1v) is 15.8. The van der Waals surface area contributed by atoms with Gasteiger partial charge < -0.3 is 25.2 Å². The number of benzene rings is 1. The van der Waals surface area contributed by atoms with Gasteiger partial charge in [-0.15, -0.1) is 0 Å². The summed E-state index contributed by atoms with van der Waals surface area (Å²) in [6.07, 6.45) is -1.48. The molecule has 2 N–H and O–H groups in total. The van der Waals surface area contributed by atoms with Crippen LogP contribution in [-0.2, 0) is 6.18 Å². The topological polar surface area (TPSA) is 103 Å². The number of hydrogen-bond donors (Lipinski definition) is 2. The van der Waals surface area contributed by atoms with Gasteiger partial charge in [-0.2, -0.15) is 13.2 Å². The normalized spacial score (nSPS) is 21.2. The lowest BCUT2D eigenvalue weighted by atomic mass is 10.0. The average molecular weight is 658 g/mol. The highest BCUT2D eigenvalue weighted by Gasteiger charge is 2.47. The monoisotopic (exact) mass is 657 g/mol. The smallest absolute Gasteiger partial charge is 0.418 e. The Kier molecular flexibility index (Phi) is 8.97. The summed E-state index contributed by atoms with van der Waals surface area (Å²) < 4.78 is 47.7. The lowest BCUT2D eigenvalue weighted by Gasteiger charge is -2.44. The number of amides is 3. The van der Waals surface area contributed by atoms with Crippen LogP contribution < -0.4 is 25.2 Å². The standard InChI is InChI=1S/C32H35ClF3N7O3/c1-3-21-16-42-22(18-43(31(42)45)26-9-7-19(33)14-24(26)32(34,35)36)17-41(21)27-10-8-25(23-6-5-12-38-30(23)46-4-2)40-28(27)29(44)39-15-20-11-13-37-20/h5-10,12,14,20-22,37H,3-4,11,13,15-18H2,1-2H3,(H,39,44)/t20-,21+,22-/m0/s1. The molecule has 2 aromatic heterocycles. The molecule has 3 aliphatic heterocycles. The minimum atomic E-state index is -4.69. The number of carbonyl (C=O) groups excluding carboxylic acids is 2. The Bertz CT molecular complexity index is 1620. The van der Waals surface area contributed by atoms with E-state index in [1.54, 1.807) is 17.2 Å². The van der Waals surface area contributed by atoms with Crippen molar-refractivity contribution in [1.82, 2.24) is 25.5 Å². The number of hydrogen-bond acceptors (Lipinski definition) is 7. The summed E-state index contributed by atoms with van der Waals surface area (Å²) >= 11 is 5.91. The Hall–Kier alpha value is -4.10. The Morgan fingerprint density at radius 2 is 1.89 bits per heavy atom. The molecule has 0 unspecified atom stereocenters. The molecule has 3 atom stereocenters. The van der Waals surface area contributed by atoms with Crippen LogP contribution in [0.4, 0.5) is 29.3 Å². The quantitative estimate of drug-likeness (QED) is 0.326. The maximum Gasteiger partial charge on any atom is 0.418 e. The van der Waals surface area contributed by atoms with E-state index >= 15 is 0 Å². The molecule has 10 nitrogen and oxygen atoms in total. The summed E-state index contributed by atoms with van der Waals surface area (Å²) in [5, 5.41) is 6.23. The van der Waals surface area contributed by atoms with E-state index < -0.39 is 23.8 Å². The van der Waals surface area contributed by atoms with E-state index in [0.29, 0.717) is 48.9 Å². The van der Waals surface area contributed by atoms with Gasteiger partial charge in [0.1, 0.15) is 0 Å². The molecule has 244 valence electrons. The van der Waals surface area contributed by atoms with Crippen molar-refractivity contribution in [2.75, 3.05) is 49.1 Å². The highest BCUT2D eigenvalue weighted by atomic mass is 35.5. The first kappa shape index (κ1) is 31.9. The number of alkyl halides is 3. The van der Waals surface area contributed by atoms with Gasteiger partial charge in [-0.05, 0) is 68.8 Å². The van der Waals surface area contributed by atoms with E-state index in [4.69, 9.17) is 21.3 Å². The summed E-state index contributed by atoms with van der Waals surface area (Å²) in [5.74, 6) is 0.0603. The van der Waals surface area contributed by atoms with E-state index in [0.717, 1.165) is 19.0 Å². The number of carbonyl (C=O) groups is 2. The molecule has 3 amide bonds. The molecular formula is C32H35ClF3N7O3. The van der Waals surface area contributed by atoms with Crippen molar-refractivity contribution >= 4 is 34.9 Å². The van der Waals surface area contributed by atoms with Crippen LogP contribution in [0.1, 0.15) is 42.7 Å². The second kappa shape index (κ2) is 13.0.